The molecule has 0 aromatic carbocycles. The second kappa shape index (κ2) is 5.89. The van der Waals surface area contributed by atoms with Gasteiger partial charge in [0.25, 0.3) is 5.97 Å². The number of hydrogen-bond donors (Lipinski definition) is 1. The Morgan fingerprint density at radius 2 is 1.95 bits per heavy atom. The molecule has 2 aliphatic rings. The highest BCUT2D eigenvalue weighted by atomic mass is 19.4. The summed E-state index contributed by atoms with van der Waals surface area (Å²) in [7, 11) is 0. The van der Waals surface area contributed by atoms with Crippen LogP contribution in [0.1, 0.15) is 46.0 Å². The van der Waals surface area contributed by atoms with Gasteiger partial charge in [-0.05, 0) is 25.7 Å². The molecule has 1 N–H and O–H groups in total. The Bertz CT molecular complexity index is 395. The predicted molar refractivity (Wildman–Crippen MR) is 71.3 cm³/mol. The summed E-state index contributed by atoms with van der Waals surface area (Å²) in [4.78, 5) is 0. The third kappa shape index (κ3) is 3.79. The fourth-order valence-corrected chi connectivity index (χ4v) is 3.05. The molecule has 2 rings (SSSR count). The second-order valence-electron chi connectivity index (χ2n) is 6.47. The van der Waals surface area contributed by atoms with Crippen LogP contribution in [0.5, 0.6) is 0 Å². The monoisotopic (exact) mass is 308 g/mol. The van der Waals surface area contributed by atoms with Crippen LogP contribution in [-0.4, -0.2) is 30.5 Å². The molecule has 1 unspecified atom stereocenters. The van der Waals surface area contributed by atoms with Crippen molar-refractivity contribution in [3.63, 3.8) is 0 Å². The summed E-state index contributed by atoms with van der Waals surface area (Å²) in [6.07, 6.45) is -0.980. The molecule has 0 bridgehead atoms. The number of allylic oxidation sites excluding steroid dienone is 2. The maximum absolute atomic E-state index is 12.6. The van der Waals surface area contributed by atoms with Gasteiger partial charge in [-0.2, -0.15) is 13.2 Å². The first-order valence-corrected chi connectivity index (χ1v) is 7.45. The van der Waals surface area contributed by atoms with Gasteiger partial charge in [-0.25, -0.2) is 0 Å². The molecule has 122 valence electrons. The van der Waals surface area contributed by atoms with E-state index in [2.05, 4.69) is 6.92 Å². The standard InChI is InChI=1S/C15H23F3O3/c1-3-8-13(2)9-20-15(19,21-10-13)12-6-4-11(5-7-12)14(16,17)18/h4,12,19H,3,5-10H2,1-2H3. The molecule has 0 aromatic rings. The molecule has 0 amide bonds. The van der Waals surface area contributed by atoms with E-state index in [1.807, 2.05) is 6.92 Å². The van der Waals surface area contributed by atoms with E-state index in [1.54, 1.807) is 0 Å². The van der Waals surface area contributed by atoms with E-state index in [4.69, 9.17) is 9.47 Å². The van der Waals surface area contributed by atoms with Crippen molar-refractivity contribution in [2.75, 3.05) is 13.2 Å². The average molecular weight is 308 g/mol. The third-order valence-corrected chi connectivity index (χ3v) is 4.40. The first-order valence-electron chi connectivity index (χ1n) is 7.45. The molecule has 0 aromatic heterocycles. The summed E-state index contributed by atoms with van der Waals surface area (Å²) in [5.41, 5.74) is -0.656. The van der Waals surface area contributed by atoms with E-state index < -0.39 is 23.6 Å². The Morgan fingerprint density at radius 1 is 1.33 bits per heavy atom. The maximum atomic E-state index is 12.6. The Labute approximate surface area is 123 Å². The Balaban J connectivity index is 1.97. The maximum Gasteiger partial charge on any atom is 0.412 e. The van der Waals surface area contributed by atoms with Crippen LogP contribution in [0.3, 0.4) is 0 Å². The average Bonchev–Trinajstić information content (AvgIpc) is 2.42. The minimum absolute atomic E-state index is 0.102. The zero-order valence-corrected chi connectivity index (χ0v) is 12.5. The van der Waals surface area contributed by atoms with Crippen molar-refractivity contribution in [2.24, 2.45) is 11.3 Å². The van der Waals surface area contributed by atoms with E-state index in [-0.39, 0.29) is 24.7 Å². The lowest BCUT2D eigenvalue weighted by Gasteiger charge is -2.45. The third-order valence-electron chi connectivity index (χ3n) is 4.40. The highest BCUT2D eigenvalue weighted by molar-refractivity contribution is 5.13. The Morgan fingerprint density at radius 3 is 2.38 bits per heavy atom. The van der Waals surface area contributed by atoms with Gasteiger partial charge in [0.05, 0.1) is 13.2 Å². The molecule has 0 radical (unpaired) electrons. The van der Waals surface area contributed by atoms with Crippen LogP contribution in [0.2, 0.25) is 0 Å². The molecule has 1 atom stereocenters. The van der Waals surface area contributed by atoms with Gasteiger partial charge in [0.2, 0.25) is 0 Å². The number of ether oxygens (including phenoxy) is 2. The number of aliphatic hydroxyl groups is 1. The highest BCUT2D eigenvalue weighted by Crippen LogP contribution is 2.42. The summed E-state index contributed by atoms with van der Waals surface area (Å²) >= 11 is 0. The number of hydrogen-bond acceptors (Lipinski definition) is 3. The van der Waals surface area contributed by atoms with Crippen molar-refractivity contribution in [1.82, 2.24) is 0 Å². The van der Waals surface area contributed by atoms with Crippen molar-refractivity contribution in [1.29, 1.82) is 0 Å². The largest absolute Gasteiger partial charge is 0.412 e. The van der Waals surface area contributed by atoms with Gasteiger partial charge in [0.15, 0.2) is 0 Å². The molecule has 0 saturated carbocycles. The predicted octanol–water partition coefficient (Wildman–Crippen LogP) is 3.77. The van der Waals surface area contributed by atoms with Crippen LogP contribution >= 0.6 is 0 Å². The molecular formula is C15H23F3O3. The molecule has 1 aliphatic carbocycles. The second-order valence-corrected chi connectivity index (χ2v) is 6.47. The first kappa shape index (κ1) is 16.8. The molecule has 1 aliphatic heterocycles. The van der Waals surface area contributed by atoms with E-state index in [0.717, 1.165) is 18.9 Å². The topological polar surface area (TPSA) is 38.7 Å². The minimum atomic E-state index is -4.28. The molecule has 21 heavy (non-hydrogen) atoms. The van der Waals surface area contributed by atoms with Crippen molar-refractivity contribution in [3.8, 4) is 0 Å². The van der Waals surface area contributed by atoms with Crippen molar-refractivity contribution >= 4 is 0 Å². The smallest absolute Gasteiger partial charge is 0.343 e. The van der Waals surface area contributed by atoms with Crippen molar-refractivity contribution < 1.29 is 27.8 Å². The van der Waals surface area contributed by atoms with Crippen molar-refractivity contribution in [2.45, 2.75) is 58.1 Å². The normalized spacial score (nSPS) is 38.2. The lowest BCUT2D eigenvalue weighted by atomic mass is 9.84. The van der Waals surface area contributed by atoms with E-state index in [1.165, 1.54) is 0 Å². The Hall–Kier alpha value is -0.590. The quantitative estimate of drug-likeness (QED) is 0.807. The van der Waals surface area contributed by atoms with Crippen LogP contribution in [0.4, 0.5) is 13.2 Å². The summed E-state index contributed by atoms with van der Waals surface area (Å²) in [6.45, 7) is 4.82. The molecule has 1 fully saturated rings. The van der Waals surface area contributed by atoms with E-state index in [9.17, 15) is 18.3 Å². The molecule has 6 heteroatoms. The van der Waals surface area contributed by atoms with Gasteiger partial charge in [-0.15, -0.1) is 0 Å². The lowest BCUT2D eigenvalue weighted by molar-refractivity contribution is -0.425. The van der Waals surface area contributed by atoms with Crippen LogP contribution in [0.15, 0.2) is 11.6 Å². The molecule has 0 spiro atoms. The van der Waals surface area contributed by atoms with Crippen LogP contribution < -0.4 is 0 Å². The lowest BCUT2D eigenvalue weighted by Crippen LogP contribution is -2.53. The first-order chi connectivity index (χ1) is 9.69. The van der Waals surface area contributed by atoms with Crippen molar-refractivity contribution in [3.05, 3.63) is 11.6 Å². The SMILES string of the molecule is CCCC1(C)COC(O)(C2CC=C(C(F)(F)F)CC2)OC1. The van der Waals surface area contributed by atoms with Gasteiger partial charge in [-0.3, -0.25) is 0 Å². The molecular weight excluding hydrogens is 285 g/mol. The number of alkyl halides is 3. The zero-order valence-electron chi connectivity index (χ0n) is 12.5. The summed E-state index contributed by atoms with van der Waals surface area (Å²) in [5.74, 6) is -2.20. The fraction of sp³-hybridized carbons (Fsp3) is 0.867. The Kier molecular flexibility index (Phi) is 4.71. The summed E-state index contributed by atoms with van der Waals surface area (Å²) in [6, 6.07) is 0. The molecule has 3 nitrogen and oxygen atoms in total. The van der Waals surface area contributed by atoms with E-state index in [0.29, 0.717) is 13.2 Å². The van der Waals surface area contributed by atoms with Gasteiger partial charge in [0.1, 0.15) is 0 Å². The van der Waals surface area contributed by atoms with Gasteiger partial charge >= 0.3 is 6.18 Å². The molecule has 1 heterocycles. The van der Waals surface area contributed by atoms with Crippen LogP contribution in [-0.2, 0) is 9.47 Å². The molecule has 1 saturated heterocycles. The summed E-state index contributed by atoms with van der Waals surface area (Å²) in [5, 5.41) is 10.4. The number of halogens is 3. The van der Waals surface area contributed by atoms with Crippen LogP contribution in [0, 0.1) is 11.3 Å². The van der Waals surface area contributed by atoms with Gasteiger partial charge in [-0.1, -0.05) is 26.3 Å². The highest BCUT2D eigenvalue weighted by Gasteiger charge is 2.48. The van der Waals surface area contributed by atoms with Gasteiger partial charge < -0.3 is 14.6 Å². The van der Waals surface area contributed by atoms with Gasteiger partial charge in [0, 0.05) is 16.9 Å². The zero-order chi connectivity index (χ0) is 15.7. The van der Waals surface area contributed by atoms with Crippen LogP contribution in [0.25, 0.3) is 0 Å². The minimum Gasteiger partial charge on any atom is -0.343 e. The van der Waals surface area contributed by atoms with E-state index >= 15 is 0 Å². The summed E-state index contributed by atoms with van der Waals surface area (Å²) < 4.78 is 48.8. The fourth-order valence-electron chi connectivity index (χ4n) is 3.05. The number of rotatable bonds is 3.